The van der Waals surface area contributed by atoms with Crippen molar-refractivity contribution in [2.45, 2.75) is 63.8 Å². The molecule has 0 fully saturated rings. The number of hydrogen-bond acceptors (Lipinski definition) is 4. The number of amides is 1. The second-order valence-corrected chi connectivity index (χ2v) is 9.10. The van der Waals surface area contributed by atoms with Gasteiger partial charge in [-0.3, -0.25) is 4.79 Å². The molecule has 5 heteroatoms. The summed E-state index contributed by atoms with van der Waals surface area (Å²) >= 11 is 0. The van der Waals surface area contributed by atoms with E-state index in [2.05, 4.69) is 43.3 Å². The molecule has 0 radical (unpaired) electrons. The van der Waals surface area contributed by atoms with Gasteiger partial charge in [-0.25, -0.2) is 4.79 Å². The molecule has 2 aromatic carbocycles. The highest BCUT2D eigenvalue weighted by Crippen LogP contribution is 2.44. The lowest BCUT2D eigenvalue weighted by Gasteiger charge is -2.31. The summed E-state index contributed by atoms with van der Waals surface area (Å²) in [5, 5.41) is 0. The molecule has 0 spiro atoms. The molecule has 1 aliphatic carbocycles. The van der Waals surface area contributed by atoms with Crippen molar-refractivity contribution in [2.24, 2.45) is 0 Å². The lowest BCUT2D eigenvalue weighted by Crippen LogP contribution is -2.43. The molecule has 4 rings (SSSR count). The van der Waals surface area contributed by atoms with Crippen LogP contribution in [0.4, 0.5) is 4.79 Å². The Hall–Kier alpha value is -3.08. The summed E-state index contributed by atoms with van der Waals surface area (Å²) in [7, 11) is 0. The molecule has 1 aliphatic heterocycles. The van der Waals surface area contributed by atoms with Crippen molar-refractivity contribution in [3.63, 3.8) is 0 Å². The molecule has 1 unspecified atom stereocenters. The summed E-state index contributed by atoms with van der Waals surface area (Å²) in [6.45, 7) is 2.99. The number of carbonyl (C=O) groups excluding carboxylic acids is 2. The minimum absolute atomic E-state index is 0.0256. The van der Waals surface area contributed by atoms with Gasteiger partial charge in [-0.15, -0.1) is 0 Å². The molecule has 180 valence electrons. The first-order valence-corrected chi connectivity index (χ1v) is 12.6. The summed E-state index contributed by atoms with van der Waals surface area (Å²) in [4.78, 5) is 27.2. The summed E-state index contributed by atoms with van der Waals surface area (Å²) < 4.78 is 11.4. The molecule has 0 N–H and O–H groups in total. The Bertz CT molecular complexity index is 969. The van der Waals surface area contributed by atoms with E-state index in [0.29, 0.717) is 19.6 Å². The Balaban J connectivity index is 1.49. The average Bonchev–Trinajstić information content (AvgIpc) is 3.18. The largest absolute Gasteiger partial charge is 0.464 e. The predicted octanol–water partition coefficient (Wildman–Crippen LogP) is 6.47. The maximum absolute atomic E-state index is 13.4. The molecule has 0 bridgehead atoms. The van der Waals surface area contributed by atoms with Crippen LogP contribution in [0.25, 0.3) is 11.1 Å². The maximum atomic E-state index is 13.4. The van der Waals surface area contributed by atoms with Gasteiger partial charge in [0.05, 0.1) is 6.54 Å². The van der Waals surface area contributed by atoms with Gasteiger partial charge in [0.1, 0.15) is 13.2 Å². The molecule has 5 nitrogen and oxygen atoms in total. The topological polar surface area (TPSA) is 55.8 Å². The number of carbonyl (C=O) groups is 2. The van der Waals surface area contributed by atoms with E-state index < -0.39 is 0 Å². The van der Waals surface area contributed by atoms with E-state index in [-0.39, 0.29) is 30.6 Å². The first kappa shape index (κ1) is 24.1. The molecular weight excluding hydrogens is 426 g/mol. The number of esters is 1. The van der Waals surface area contributed by atoms with Crippen molar-refractivity contribution in [3.8, 4) is 11.1 Å². The Kier molecular flexibility index (Phi) is 8.40. The fourth-order valence-corrected chi connectivity index (χ4v) is 5.11. The lowest BCUT2D eigenvalue weighted by atomic mass is 9.98. The van der Waals surface area contributed by atoms with Gasteiger partial charge in [-0.05, 0) is 54.4 Å². The normalized spacial score (nSPS) is 19.3. The average molecular weight is 462 g/mol. The van der Waals surface area contributed by atoms with Crippen LogP contribution in [0.5, 0.6) is 0 Å². The Morgan fingerprint density at radius 2 is 1.71 bits per heavy atom. The molecule has 0 aromatic heterocycles. The third kappa shape index (κ3) is 5.69. The van der Waals surface area contributed by atoms with Gasteiger partial charge in [0.25, 0.3) is 0 Å². The van der Waals surface area contributed by atoms with Crippen molar-refractivity contribution in [1.29, 1.82) is 0 Å². The second kappa shape index (κ2) is 11.9. The van der Waals surface area contributed by atoms with Crippen molar-refractivity contribution in [3.05, 3.63) is 71.8 Å². The highest BCUT2D eigenvalue weighted by molar-refractivity contribution is 5.79. The number of rotatable bonds is 4. The zero-order valence-corrected chi connectivity index (χ0v) is 20.1. The summed E-state index contributed by atoms with van der Waals surface area (Å²) in [6.07, 6.45) is 9.71. The number of ether oxygens (including phenoxy) is 2. The Labute approximate surface area is 202 Å². The highest BCUT2D eigenvalue weighted by Gasteiger charge is 2.31. The van der Waals surface area contributed by atoms with E-state index in [9.17, 15) is 9.59 Å². The molecule has 1 heterocycles. The van der Waals surface area contributed by atoms with Crippen molar-refractivity contribution in [1.82, 2.24) is 4.90 Å². The minimum Gasteiger partial charge on any atom is -0.464 e. The zero-order valence-electron chi connectivity index (χ0n) is 20.1. The molecular formula is C29H35NO4. The monoisotopic (exact) mass is 461 g/mol. The van der Waals surface area contributed by atoms with Crippen LogP contribution in [0.15, 0.2) is 60.7 Å². The summed E-state index contributed by atoms with van der Waals surface area (Å²) in [6, 6.07) is 16.8. The standard InChI is InChI=1S/C29H35NO4/c1-2-12-22-13-6-4-3-5-7-18-28(31)33-20-19-30(22)29(32)34-21-27-25-16-10-8-14-23(25)24-15-9-11-17-26(24)27/h3-4,8-11,14-17,22,27H,2,5-7,12-13,18-21H2,1H3. The summed E-state index contributed by atoms with van der Waals surface area (Å²) in [5.74, 6) is -0.176. The van der Waals surface area contributed by atoms with Crippen LogP contribution in [0.3, 0.4) is 0 Å². The third-order valence-electron chi connectivity index (χ3n) is 6.81. The first-order chi connectivity index (χ1) is 16.7. The summed E-state index contributed by atoms with van der Waals surface area (Å²) in [5.41, 5.74) is 4.82. The van der Waals surface area contributed by atoms with Gasteiger partial charge >= 0.3 is 12.1 Å². The van der Waals surface area contributed by atoms with Gasteiger partial charge in [0.2, 0.25) is 0 Å². The van der Waals surface area contributed by atoms with Crippen LogP contribution < -0.4 is 0 Å². The van der Waals surface area contributed by atoms with Gasteiger partial charge in [-0.2, -0.15) is 0 Å². The van der Waals surface area contributed by atoms with Crippen LogP contribution in [0.1, 0.15) is 68.9 Å². The highest BCUT2D eigenvalue weighted by atomic mass is 16.6. The Morgan fingerprint density at radius 1 is 1.03 bits per heavy atom. The minimum atomic E-state index is -0.324. The molecule has 2 aromatic rings. The van der Waals surface area contributed by atoms with Crippen LogP contribution in [0.2, 0.25) is 0 Å². The predicted molar refractivity (Wildman–Crippen MR) is 134 cm³/mol. The van der Waals surface area contributed by atoms with Crippen molar-refractivity contribution in [2.75, 3.05) is 19.8 Å². The smallest absolute Gasteiger partial charge is 0.410 e. The fourth-order valence-electron chi connectivity index (χ4n) is 5.11. The van der Waals surface area contributed by atoms with E-state index in [1.54, 1.807) is 4.90 Å². The quantitative estimate of drug-likeness (QED) is 0.387. The van der Waals surface area contributed by atoms with E-state index in [1.165, 1.54) is 22.3 Å². The lowest BCUT2D eigenvalue weighted by molar-refractivity contribution is -0.144. The number of fused-ring (bicyclic) bond motifs is 3. The molecule has 1 amide bonds. The number of hydrogen-bond donors (Lipinski definition) is 0. The van der Waals surface area contributed by atoms with Gasteiger partial charge < -0.3 is 14.4 Å². The van der Waals surface area contributed by atoms with Gasteiger partial charge in [0.15, 0.2) is 0 Å². The number of allylic oxidation sites excluding steroid dienone is 2. The SMILES string of the molecule is CCCC1CCC=CCCCC(=O)OCCN1C(=O)OCC1c2ccccc2-c2ccccc21. The fraction of sp³-hybridized carbons (Fsp3) is 0.448. The molecule has 34 heavy (non-hydrogen) atoms. The third-order valence-corrected chi connectivity index (χ3v) is 6.81. The molecule has 0 saturated carbocycles. The van der Waals surface area contributed by atoms with Crippen LogP contribution in [0, 0.1) is 0 Å². The molecule has 0 saturated heterocycles. The van der Waals surface area contributed by atoms with Gasteiger partial charge in [0, 0.05) is 18.4 Å². The molecule has 2 aliphatic rings. The second-order valence-electron chi connectivity index (χ2n) is 9.10. The van der Waals surface area contributed by atoms with Crippen molar-refractivity contribution < 1.29 is 19.1 Å². The zero-order chi connectivity index (χ0) is 23.8. The molecule has 1 atom stereocenters. The number of benzene rings is 2. The van der Waals surface area contributed by atoms with Crippen LogP contribution >= 0.6 is 0 Å². The van der Waals surface area contributed by atoms with E-state index >= 15 is 0 Å². The van der Waals surface area contributed by atoms with Crippen LogP contribution in [-0.4, -0.2) is 42.8 Å². The van der Waals surface area contributed by atoms with E-state index in [0.717, 1.165) is 38.5 Å². The van der Waals surface area contributed by atoms with E-state index in [1.807, 2.05) is 24.3 Å². The maximum Gasteiger partial charge on any atom is 0.410 e. The van der Waals surface area contributed by atoms with E-state index in [4.69, 9.17) is 9.47 Å². The first-order valence-electron chi connectivity index (χ1n) is 12.6. The van der Waals surface area contributed by atoms with Crippen LogP contribution in [-0.2, 0) is 14.3 Å². The van der Waals surface area contributed by atoms with Crippen molar-refractivity contribution >= 4 is 12.1 Å². The number of nitrogens with zero attached hydrogens (tertiary/aromatic N) is 1. The Morgan fingerprint density at radius 3 is 2.41 bits per heavy atom. The number of cyclic esters (lactones) is 1. The van der Waals surface area contributed by atoms with Gasteiger partial charge in [-0.1, -0.05) is 74.0 Å².